The quantitative estimate of drug-likeness (QED) is 0.606. The number of anilines is 3. The molecule has 0 radical (unpaired) electrons. The van der Waals surface area contributed by atoms with Crippen molar-refractivity contribution in [1.29, 1.82) is 0 Å². The van der Waals surface area contributed by atoms with Gasteiger partial charge in [-0.15, -0.1) is 10.2 Å². The van der Waals surface area contributed by atoms with Gasteiger partial charge in [0.1, 0.15) is 5.82 Å². The van der Waals surface area contributed by atoms with E-state index in [9.17, 15) is 8.42 Å². The van der Waals surface area contributed by atoms with Crippen LogP contribution in [0.2, 0.25) is 5.02 Å². The van der Waals surface area contributed by atoms with E-state index in [1.807, 2.05) is 42.2 Å². The number of nitrogens with one attached hydrogen (secondary N) is 1. The Morgan fingerprint density at radius 2 is 1.74 bits per heavy atom. The van der Waals surface area contributed by atoms with Gasteiger partial charge >= 0.3 is 0 Å². The van der Waals surface area contributed by atoms with Crippen LogP contribution in [-0.2, 0) is 15.8 Å². The van der Waals surface area contributed by atoms with Crippen LogP contribution in [0.25, 0.3) is 0 Å². The van der Waals surface area contributed by atoms with E-state index < -0.39 is 10.0 Å². The van der Waals surface area contributed by atoms with Gasteiger partial charge in [-0.3, -0.25) is 0 Å². The molecule has 1 aromatic carbocycles. The molecule has 3 aromatic rings. The van der Waals surface area contributed by atoms with Crippen LogP contribution in [0.5, 0.6) is 0 Å². The minimum Gasteiger partial charge on any atom is -0.352 e. The van der Waals surface area contributed by atoms with Gasteiger partial charge in [0.05, 0.1) is 5.75 Å². The number of benzene rings is 1. The topological polar surface area (TPSA) is 91.3 Å². The third kappa shape index (κ3) is 5.49. The summed E-state index contributed by atoms with van der Waals surface area (Å²) in [4.78, 5) is 6.42. The van der Waals surface area contributed by atoms with Gasteiger partial charge in [-0.2, -0.15) is 4.31 Å². The van der Waals surface area contributed by atoms with Gasteiger partial charge in [0.25, 0.3) is 0 Å². The molecule has 1 aliphatic heterocycles. The fourth-order valence-corrected chi connectivity index (χ4v) is 5.14. The normalized spacial score (nSPS) is 15.1. The Bertz CT molecular complexity index is 1150. The molecule has 2 aromatic heterocycles. The number of hydrogen-bond acceptors (Lipinski definition) is 7. The van der Waals surface area contributed by atoms with E-state index in [1.165, 1.54) is 4.31 Å². The van der Waals surface area contributed by atoms with E-state index in [0.717, 1.165) is 11.5 Å². The highest BCUT2D eigenvalue weighted by atomic mass is 35.5. The lowest BCUT2D eigenvalue weighted by Gasteiger charge is -2.34. The lowest BCUT2D eigenvalue weighted by molar-refractivity contribution is 0.383. The standard InChI is InChI=1S/C21H23ClN6O2S/c1-16-4-2-7-19(23-16)24-20-8-9-21(26-25-20)27-10-12-28(13-11-27)31(29,30)15-17-5-3-6-18(22)14-17/h2-9,14H,10-13,15H2,1H3,(H,23,24,25). The van der Waals surface area contributed by atoms with Gasteiger partial charge in [0, 0.05) is 36.9 Å². The minimum absolute atomic E-state index is 0.0548. The predicted molar refractivity (Wildman–Crippen MR) is 122 cm³/mol. The summed E-state index contributed by atoms with van der Waals surface area (Å²) >= 11 is 5.97. The first kappa shape index (κ1) is 21.5. The largest absolute Gasteiger partial charge is 0.352 e. The zero-order valence-electron chi connectivity index (χ0n) is 17.1. The average molecular weight is 459 g/mol. The smallest absolute Gasteiger partial charge is 0.218 e. The molecule has 3 heterocycles. The number of aromatic nitrogens is 3. The molecule has 0 amide bonds. The van der Waals surface area contributed by atoms with Crippen molar-refractivity contribution in [3.8, 4) is 0 Å². The summed E-state index contributed by atoms with van der Waals surface area (Å²) < 4.78 is 27.1. The van der Waals surface area contributed by atoms with Crippen molar-refractivity contribution in [2.75, 3.05) is 36.4 Å². The van der Waals surface area contributed by atoms with Gasteiger partial charge in [0.2, 0.25) is 10.0 Å². The highest BCUT2D eigenvalue weighted by Crippen LogP contribution is 2.20. The average Bonchev–Trinajstić information content (AvgIpc) is 2.74. The Hall–Kier alpha value is -2.75. The van der Waals surface area contributed by atoms with E-state index in [4.69, 9.17) is 11.6 Å². The third-order valence-electron chi connectivity index (χ3n) is 4.99. The van der Waals surface area contributed by atoms with Crippen LogP contribution in [0, 0.1) is 6.92 Å². The summed E-state index contributed by atoms with van der Waals surface area (Å²) in [5.74, 6) is 1.97. The SMILES string of the molecule is Cc1cccc(Nc2ccc(N3CCN(S(=O)(=O)Cc4cccc(Cl)c4)CC3)nn2)n1. The van der Waals surface area contributed by atoms with Gasteiger partial charge in [-0.05, 0) is 48.9 Å². The van der Waals surface area contributed by atoms with Crippen molar-refractivity contribution < 1.29 is 8.42 Å². The molecule has 162 valence electrons. The molecule has 0 spiro atoms. The lowest BCUT2D eigenvalue weighted by Crippen LogP contribution is -2.49. The summed E-state index contributed by atoms with van der Waals surface area (Å²) in [6.07, 6.45) is 0. The maximum absolute atomic E-state index is 12.8. The fourth-order valence-electron chi connectivity index (χ4n) is 3.43. The molecule has 1 fully saturated rings. The van der Waals surface area contributed by atoms with Crippen LogP contribution in [-0.4, -0.2) is 54.1 Å². The summed E-state index contributed by atoms with van der Waals surface area (Å²) in [5, 5.41) is 12.2. The van der Waals surface area contributed by atoms with E-state index >= 15 is 0 Å². The lowest BCUT2D eigenvalue weighted by atomic mass is 10.2. The highest BCUT2D eigenvalue weighted by Gasteiger charge is 2.27. The van der Waals surface area contributed by atoms with E-state index in [0.29, 0.717) is 48.4 Å². The Balaban J connectivity index is 1.35. The predicted octanol–water partition coefficient (Wildman–Crippen LogP) is 3.23. The molecular formula is C21H23ClN6O2S. The maximum Gasteiger partial charge on any atom is 0.218 e. The fraction of sp³-hybridized carbons (Fsp3) is 0.286. The maximum atomic E-state index is 12.8. The molecule has 0 unspecified atom stereocenters. The first-order valence-corrected chi connectivity index (χ1v) is 11.9. The van der Waals surface area contributed by atoms with Crippen molar-refractivity contribution in [3.05, 3.63) is 70.9 Å². The molecule has 0 saturated carbocycles. The zero-order valence-corrected chi connectivity index (χ0v) is 18.6. The molecule has 8 nitrogen and oxygen atoms in total. The highest BCUT2D eigenvalue weighted by molar-refractivity contribution is 7.88. The molecule has 1 saturated heterocycles. The second kappa shape index (κ2) is 9.17. The molecule has 31 heavy (non-hydrogen) atoms. The Morgan fingerprint density at radius 3 is 2.42 bits per heavy atom. The second-order valence-electron chi connectivity index (χ2n) is 7.34. The number of hydrogen-bond donors (Lipinski definition) is 1. The minimum atomic E-state index is -3.41. The van der Waals surface area contributed by atoms with Crippen LogP contribution in [0.15, 0.2) is 54.6 Å². The van der Waals surface area contributed by atoms with Gasteiger partial charge in [-0.25, -0.2) is 13.4 Å². The molecule has 4 rings (SSSR count). The summed E-state index contributed by atoms with van der Waals surface area (Å²) in [5.41, 5.74) is 1.60. The van der Waals surface area contributed by atoms with Crippen molar-refractivity contribution >= 4 is 39.1 Å². The number of aryl methyl sites for hydroxylation is 1. The van der Waals surface area contributed by atoms with E-state index in [-0.39, 0.29) is 5.75 Å². The van der Waals surface area contributed by atoms with E-state index in [2.05, 4.69) is 20.5 Å². The molecule has 0 bridgehead atoms. The summed E-state index contributed by atoms with van der Waals surface area (Å²) in [6, 6.07) is 16.4. The van der Waals surface area contributed by atoms with Crippen molar-refractivity contribution in [2.45, 2.75) is 12.7 Å². The van der Waals surface area contributed by atoms with Crippen molar-refractivity contribution in [1.82, 2.24) is 19.5 Å². The Kier molecular flexibility index (Phi) is 6.35. The first-order valence-electron chi connectivity index (χ1n) is 9.91. The number of rotatable bonds is 6. The van der Waals surface area contributed by atoms with Crippen LogP contribution < -0.4 is 10.2 Å². The van der Waals surface area contributed by atoms with Crippen LogP contribution in [0.3, 0.4) is 0 Å². The van der Waals surface area contributed by atoms with E-state index in [1.54, 1.807) is 24.3 Å². The molecule has 1 N–H and O–H groups in total. The first-order chi connectivity index (χ1) is 14.9. The van der Waals surface area contributed by atoms with Gasteiger partial charge < -0.3 is 10.2 Å². The second-order valence-corrected chi connectivity index (χ2v) is 9.74. The molecule has 1 aliphatic rings. The Labute approximate surface area is 186 Å². The molecular weight excluding hydrogens is 436 g/mol. The zero-order chi connectivity index (χ0) is 21.8. The number of sulfonamides is 1. The van der Waals surface area contributed by atoms with Crippen LogP contribution >= 0.6 is 11.6 Å². The number of halogens is 1. The third-order valence-corrected chi connectivity index (χ3v) is 7.07. The number of piperazine rings is 1. The number of pyridine rings is 1. The van der Waals surface area contributed by atoms with Crippen LogP contribution in [0.1, 0.15) is 11.3 Å². The van der Waals surface area contributed by atoms with Gasteiger partial charge in [-0.1, -0.05) is 29.8 Å². The summed E-state index contributed by atoms with van der Waals surface area (Å²) in [6.45, 7) is 3.83. The molecule has 10 heteroatoms. The molecule has 0 aliphatic carbocycles. The molecule has 0 atom stereocenters. The summed E-state index contributed by atoms with van der Waals surface area (Å²) in [7, 11) is -3.41. The van der Waals surface area contributed by atoms with Crippen molar-refractivity contribution in [2.24, 2.45) is 0 Å². The number of nitrogens with zero attached hydrogens (tertiary/aromatic N) is 5. The van der Waals surface area contributed by atoms with Crippen LogP contribution in [0.4, 0.5) is 17.5 Å². The van der Waals surface area contributed by atoms with Crippen molar-refractivity contribution in [3.63, 3.8) is 0 Å². The monoisotopic (exact) mass is 458 g/mol. The van der Waals surface area contributed by atoms with Gasteiger partial charge in [0.15, 0.2) is 11.6 Å². The Morgan fingerprint density at radius 1 is 0.968 bits per heavy atom.